The van der Waals surface area contributed by atoms with Crippen LogP contribution in [0, 0.1) is 0 Å². The number of nitrogens with zero attached hydrogens (tertiary/aromatic N) is 1. The molecular weight excluding hydrogens is 248 g/mol. The Kier molecular flexibility index (Phi) is 7.64. The molecule has 1 rings (SSSR count). The van der Waals surface area contributed by atoms with Crippen molar-refractivity contribution in [2.24, 2.45) is 5.73 Å². The normalized spacial score (nSPS) is 10.1. The third-order valence-corrected chi connectivity index (χ3v) is 2.85. The molecule has 0 radical (unpaired) electrons. The summed E-state index contributed by atoms with van der Waals surface area (Å²) in [6, 6.07) is 8.42. The lowest BCUT2D eigenvalue weighted by Gasteiger charge is -2.17. The zero-order valence-electron chi connectivity index (χ0n) is 11.3. The van der Waals surface area contributed by atoms with Crippen molar-refractivity contribution in [3.63, 3.8) is 0 Å². The van der Waals surface area contributed by atoms with Crippen molar-refractivity contribution in [2.75, 3.05) is 13.6 Å². The molecule has 1 aromatic carbocycles. The Morgan fingerprint density at radius 1 is 1.28 bits per heavy atom. The van der Waals surface area contributed by atoms with Gasteiger partial charge < -0.3 is 10.6 Å². The van der Waals surface area contributed by atoms with E-state index in [0.717, 1.165) is 5.56 Å². The molecule has 0 fully saturated rings. The number of carbonyl (C=O) groups excluding carboxylic acids is 1. The lowest BCUT2D eigenvalue weighted by atomic mass is 10.0. The van der Waals surface area contributed by atoms with Crippen molar-refractivity contribution in [1.82, 2.24) is 4.90 Å². The number of benzene rings is 1. The molecule has 0 aliphatic carbocycles. The van der Waals surface area contributed by atoms with E-state index in [1.165, 1.54) is 5.56 Å². The van der Waals surface area contributed by atoms with Crippen LogP contribution < -0.4 is 5.73 Å². The fraction of sp³-hybridized carbons (Fsp3) is 0.500. The minimum absolute atomic E-state index is 0. The fourth-order valence-electron chi connectivity index (χ4n) is 1.68. The summed E-state index contributed by atoms with van der Waals surface area (Å²) in [5, 5.41) is 0. The fourth-order valence-corrected chi connectivity index (χ4v) is 1.68. The van der Waals surface area contributed by atoms with Crippen LogP contribution in [0.2, 0.25) is 0 Å². The second kappa shape index (κ2) is 8.11. The standard InChI is InChI=1S/C14H22N2O.ClH/c1-11(2)13-6-4-12(5-7-13)10-16(3)14(17)8-9-15;/h4-7,11H,8-10,15H2,1-3H3;1H. The first-order chi connectivity index (χ1) is 8.04. The smallest absolute Gasteiger partial charge is 0.223 e. The number of hydrogen-bond donors (Lipinski definition) is 1. The maximum absolute atomic E-state index is 11.6. The summed E-state index contributed by atoms with van der Waals surface area (Å²) in [4.78, 5) is 13.3. The third kappa shape index (κ3) is 5.07. The molecule has 102 valence electrons. The molecule has 3 nitrogen and oxygen atoms in total. The summed E-state index contributed by atoms with van der Waals surface area (Å²) in [6.07, 6.45) is 0.417. The first-order valence-electron chi connectivity index (χ1n) is 6.07. The van der Waals surface area contributed by atoms with E-state index < -0.39 is 0 Å². The lowest BCUT2D eigenvalue weighted by molar-refractivity contribution is -0.130. The van der Waals surface area contributed by atoms with Gasteiger partial charge in [0.05, 0.1) is 0 Å². The van der Waals surface area contributed by atoms with E-state index in [2.05, 4.69) is 38.1 Å². The topological polar surface area (TPSA) is 46.3 Å². The molecule has 0 bridgehead atoms. The largest absolute Gasteiger partial charge is 0.341 e. The summed E-state index contributed by atoms with van der Waals surface area (Å²) in [6.45, 7) is 5.41. The molecule has 0 saturated heterocycles. The number of hydrogen-bond acceptors (Lipinski definition) is 2. The van der Waals surface area contributed by atoms with Crippen LogP contribution in [0.15, 0.2) is 24.3 Å². The lowest BCUT2D eigenvalue weighted by Crippen LogP contribution is -2.27. The van der Waals surface area contributed by atoms with Crippen molar-refractivity contribution in [3.05, 3.63) is 35.4 Å². The van der Waals surface area contributed by atoms with Crippen LogP contribution in [0.5, 0.6) is 0 Å². The molecule has 1 amide bonds. The number of rotatable bonds is 5. The van der Waals surface area contributed by atoms with Crippen LogP contribution in [0.1, 0.15) is 37.3 Å². The van der Waals surface area contributed by atoms with Crippen molar-refractivity contribution < 1.29 is 4.79 Å². The van der Waals surface area contributed by atoms with Crippen molar-refractivity contribution >= 4 is 18.3 Å². The molecule has 0 aliphatic rings. The van der Waals surface area contributed by atoms with E-state index in [4.69, 9.17) is 5.73 Å². The first-order valence-corrected chi connectivity index (χ1v) is 6.07. The Bertz CT molecular complexity index is 363. The van der Waals surface area contributed by atoms with Crippen molar-refractivity contribution in [3.8, 4) is 0 Å². The van der Waals surface area contributed by atoms with E-state index >= 15 is 0 Å². The maximum Gasteiger partial charge on any atom is 0.223 e. The maximum atomic E-state index is 11.6. The van der Waals surface area contributed by atoms with Gasteiger partial charge in [-0.25, -0.2) is 0 Å². The highest BCUT2D eigenvalue weighted by Gasteiger charge is 2.08. The van der Waals surface area contributed by atoms with Crippen LogP contribution >= 0.6 is 12.4 Å². The second-order valence-corrected chi connectivity index (χ2v) is 4.68. The van der Waals surface area contributed by atoms with Gasteiger partial charge in [-0.3, -0.25) is 4.79 Å². The molecule has 2 N–H and O–H groups in total. The second-order valence-electron chi connectivity index (χ2n) is 4.68. The molecular formula is C14H23ClN2O. The molecule has 0 heterocycles. The van der Waals surface area contributed by atoms with Gasteiger partial charge in [-0.2, -0.15) is 0 Å². The molecule has 4 heteroatoms. The monoisotopic (exact) mass is 270 g/mol. The predicted octanol–water partition coefficient (Wildman–Crippen LogP) is 2.54. The summed E-state index contributed by atoms with van der Waals surface area (Å²) >= 11 is 0. The van der Waals surface area contributed by atoms with Gasteiger partial charge in [0.2, 0.25) is 5.91 Å². The van der Waals surface area contributed by atoms with Crippen molar-refractivity contribution in [1.29, 1.82) is 0 Å². The zero-order valence-corrected chi connectivity index (χ0v) is 12.2. The quantitative estimate of drug-likeness (QED) is 0.894. The Morgan fingerprint density at radius 3 is 2.28 bits per heavy atom. The number of halogens is 1. The zero-order chi connectivity index (χ0) is 12.8. The summed E-state index contributed by atoms with van der Waals surface area (Å²) in [7, 11) is 1.81. The minimum Gasteiger partial charge on any atom is -0.341 e. The Hall–Kier alpha value is -1.06. The SMILES string of the molecule is CC(C)c1ccc(CN(C)C(=O)CCN)cc1.Cl. The highest BCUT2D eigenvalue weighted by atomic mass is 35.5. The average molecular weight is 271 g/mol. The van der Waals surface area contributed by atoms with Crippen LogP contribution in [-0.4, -0.2) is 24.4 Å². The highest BCUT2D eigenvalue weighted by molar-refractivity contribution is 5.85. The summed E-state index contributed by atoms with van der Waals surface area (Å²) in [5.74, 6) is 0.640. The summed E-state index contributed by atoms with van der Waals surface area (Å²) < 4.78 is 0. The van der Waals surface area contributed by atoms with Crippen molar-refractivity contribution in [2.45, 2.75) is 32.7 Å². The summed E-state index contributed by atoms with van der Waals surface area (Å²) in [5.41, 5.74) is 7.84. The van der Waals surface area contributed by atoms with Gasteiger partial charge >= 0.3 is 0 Å². The Labute approximate surface area is 116 Å². The van der Waals surface area contributed by atoms with Crippen LogP contribution in [0.4, 0.5) is 0 Å². The number of carbonyl (C=O) groups is 1. The van der Waals surface area contributed by atoms with Gasteiger partial charge in [0.15, 0.2) is 0 Å². The molecule has 0 atom stereocenters. The highest BCUT2D eigenvalue weighted by Crippen LogP contribution is 2.15. The molecule has 18 heavy (non-hydrogen) atoms. The third-order valence-electron chi connectivity index (χ3n) is 2.85. The molecule has 0 spiro atoms. The van der Waals surface area contributed by atoms with Gasteiger partial charge in [0, 0.05) is 26.6 Å². The van der Waals surface area contributed by atoms with Crippen LogP contribution in [0.25, 0.3) is 0 Å². The Morgan fingerprint density at radius 2 is 1.83 bits per heavy atom. The van der Waals surface area contributed by atoms with Crippen LogP contribution in [-0.2, 0) is 11.3 Å². The van der Waals surface area contributed by atoms with Gasteiger partial charge in [0.25, 0.3) is 0 Å². The van der Waals surface area contributed by atoms with E-state index in [0.29, 0.717) is 25.4 Å². The number of nitrogens with two attached hydrogens (primary N) is 1. The number of amides is 1. The average Bonchev–Trinajstić information content (AvgIpc) is 2.30. The van der Waals surface area contributed by atoms with Crippen LogP contribution in [0.3, 0.4) is 0 Å². The first kappa shape index (κ1) is 16.9. The predicted molar refractivity (Wildman–Crippen MR) is 77.9 cm³/mol. The molecule has 0 aromatic heterocycles. The molecule has 0 unspecified atom stereocenters. The Balaban J connectivity index is 0.00000289. The van der Waals surface area contributed by atoms with E-state index in [1.807, 2.05) is 7.05 Å². The van der Waals surface area contributed by atoms with Gasteiger partial charge in [-0.05, 0) is 17.0 Å². The van der Waals surface area contributed by atoms with Gasteiger partial charge in [-0.15, -0.1) is 12.4 Å². The van der Waals surface area contributed by atoms with E-state index in [9.17, 15) is 4.79 Å². The van der Waals surface area contributed by atoms with Gasteiger partial charge in [0.1, 0.15) is 0 Å². The minimum atomic E-state index is 0. The van der Waals surface area contributed by atoms with E-state index in [-0.39, 0.29) is 18.3 Å². The van der Waals surface area contributed by atoms with Gasteiger partial charge in [-0.1, -0.05) is 38.1 Å². The van der Waals surface area contributed by atoms with E-state index in [1.54, 1.807) is 4.90 Å². The molecule has 0 aliphatic heterocycles. The molecule has 1 aromatic rings. The molecule has 0 saturated carbocycles.